The third kappa shape index (κ3) is 7.61. The Labute approximate surface area is 229 Å². The quantitative estimate of drug-likeness (QED) is 0.264. The van der Waals surface area contributed by atoms with Crippen molar-refractivity contribution in [1.29, 1.82) is 0 Å². The van der Waals surface area contributed by atoms with Crippen LogP contribution >= 0.6 is 11.8 Å². The Kier molecular flexibility index (Phi) is 9.84. The summed E-state index contributed by atoms with van der Waals surface area (Å²) in [7, 11) is 5.32. The number of ether oxygens (including phenoxy) is 3. The van der Waals surface area contributed by atoms with Gasteiger partial charge in [0.05, 0.1) is 20.3 Å². The lowest BCUT2D eigenvalue weighted by Crippen LogP contribution is -2.31. The molecule has 2 heterocycles. The number of hydrogen-bond donors (Lipinski definition) is 1. The number of hydrogen-bond acceptors (Lipinski definition) is 8. The molecule has 4 rings (SSSR count). The van der Waals surface area contributed by atoms with Crippen molar-refractivity contribution in [2.24, 2.45) is 0 Å². The minimum absolute atomic E-state index is 0.0717. The van der Waals surface area contributed by atoms with E-state index in [9.17, 15) is 4.79 Å². The molecule has 1 fully saturated rings. The Bertz CT molecular complexity index is 1230. The molecule has 9 heteroatoms. The lowest BCUT2D eigenvalue weighted by Gasteiger charge is -2.19. The van der Waals surface area contributed by atoms with Gasteiger partial charge in [-0.2, -0.15) is 0 Å². The second kappa shape index (κ2) is 13.5. The Hall–Kier alpha value is -3.30. The van der Waals surface area contributed by atoms with Gasteiger partial charge in [-0.25, -0.2) is 9.97 Å². The molecule has 1 unspecified atom stereocenters. The van der Waals surface area contributed by atoms with Crippen LogP contribution in [0.1, 0.15) is 40.0 Å². The summed E-state index contributed by atoms with van der Waals surface area (Å²) < 4.78 is 16.4. The van der Waals surface area contributed by atoms with E-state index in [-0.39, 0.29) is 12.0 Å². The average molecular weight is 537 g/mol. The van der Waals surface area contributed by atoms with Gasteiger partial charge in [0.15, 0.2) is 16.7 Å². The summed E-state index contributed by atoms with van der Waals surface area (Å²) in [6.45, 7) is 4.11. The number of nitrogens with one attached hydrogen (secondary N) is 1. The highest BCUT2D eigenvalue weighted by molar-refractivity contribution is 7.98. The summed E-state index contributed by atoms with van der Waals surface area (Å²) in [6.07, 6.45) is 3.02. The zero-order valence-electron chi connectivity index (χ0n) is 22.5. The van der Waals surface area contributed by atoms with Gasteiger partial charge >= 0.3 is 0 Å². The molecule has 0 bridgehead atoms. The highest BCUT2D eigenvalue weighted by Crippen LogP contribution is 2.28. The standard InChI is InChI=1S/C29H36N4O4S/c1-20-15-27(33(2)13-12-21-10-11-25(35-3)26(17-21)36-4)32-29(31-20)38-19-22-7-5-8-23(16-22)28(34)30-18-24-9-6-14-37-24/h5,7-8,10-11,15-17,24H,6,9,12-14,18-19H2,1-4H3,(H,30,34). The molecule has 2 aromatic carbocycles. The Morgan fingerprint density at radius 3 is 2.71 bits per heavy atom. The van der Waals surface area contributed by atoms with Gasteiger partial charge in [0.1, 0.15) is 5.82 Å². The smallest absolute Gasteiger partial charge is 0.251 e. The number of benzene rings is 2. The van der Waals surface area contributed by atoms with Crippen molar-refractivity contribution < 1.29 is 19.0 Å². The van der Waals surface area contributed by atoms with Crippen LogP contribution in [0.5, 0.6) is 11.5 Å². The fraction of sp³-hybridized carbons (Fsp3) is 0.414. The van der Waals surface area contributed by atoms with E-state index in [0.717, 1.165) is 66.6 Å². The van der Waals surface area contributed by atoms with Crippen LogP contribution in [-0.4, -0.2) is 62.9 Å². The first-order valence-corrected chi connectivity index (χ1v) is 13.8. The van der Waals surface area contributed by atoms with E-state index in [1.807, 2.05) is 56.4 Å². The van der Waals surface area contributed by atoms with Crippen molar-refractivity contribution in [1.82, 2.24) is 15.3 Å². The molecule has 1 aliphatic heterocycles. The van der Waals surface area contributed by atoms with Gasteiger partial charge in [-0.3, -0.25) is 4.79 Å². The van der Waals surface area contributed by atoms with E-state index in [1.165, 1.54) is 0 Å². The second-order valence-electron chi connectivity index (χ2n) is 9.35. The molecule has 3 aromatic rings. The maximum Gasteiger partial charge on any atom is 0.251 e. The molecule has 1 aliphatic rings. The molecule has 0 saturated carbocycles. The van der Waals surface area contributed by atoms with Crippen LogP contribution in [-0.2, 0) is 16.9 Å². The molecule has 1 atom stereocenters. The molecule has 1 aromatic heterocycles. The van der Waals surface area contributed by atoms with Gasteiger partial charge in [0, 0.05) is 49.8 Å². The van der Waals surface area contributed by atoms with E-state index in [0.29, 0.717) is 23.0 Å². The molecule has 0 spiro atoms. The number of rotatable bonds is 12. The van der Waals surface area contributed by atoms with Crippen LogP contribution in [0.4, 0.5) is 5.82 Å². The molecule has 0 aliphatic carbocycles. The first-order chi connectivity index (χ1) is 18.4. The number of methoxy groups -OCH3 is 2. The van der Waals surface area contributed by atoms with Gasteiger partial charge in [0.2, 0.25) is 0 Å². The SMILES string of the molecule is COc1ccc(CCN(C)c2cc(C)nc(SCc3cccc(C(=O)NCC4CCCO4)c3)n2)cc1OC. The summed E-state index contributed by atoms with van der Waals surface area (Å²) >= 11 is 1.57. The van der Waals surface area contributed by atoms with Crippen molar-refractivity contribution in [3.05, 3.63) is 70.9 Å². The predicted molar refractivity (Wildman–Crippen MR) is 151 cm³/mol. The average Bonchev–Trinajstić information content (AvgIpc) is 3.47. The number of likely N-dealkylation sites (N-methyl/N-ethyl adjacent to an activating group) is 1. The molecular formula is C29H36N4O4S. The third-order valence-electron chi connectivity index (χ3n) is 6.47. The van der Waals surface area contributed by atoms with E-state index in [4.69, 9.17) is 19.2 Å². The van der Waals surface area contributed by atoms with Gasteiger partial charge in [-0.1, -0.05) is 30.0 Å². The van der Waals surface area contributed by atoms with Gasteiger partial charge < -0.3 is 24.4 Å². The monoisotopic (exact) mass is 536 g/mol. The van der Waals surface area contributed by atoms with Crippen molar-refractivity contribution >= 4 is 23.5 Å². The molecule has 1 amide bonds. The number of aromatic nitrogens is 2. The number of aryl methyl sites for hydroxylation is 1. The molecule has 38 heavy (non-hydrogen) atoms. The zero-order chi connectivity index (χ0) is 26.9. The van der Waals surface area contributed by atoms with Crippen molar-refractivity contribution in [2.75, 3.05) is 45.9 Å². The Morgan fingerprint density at radius 2 is 1.95 bits per heavy atom. The topological polar surface area (TPSA) is 85.8 Å². The number of nitrogens with zero attached hydrogens (tertiary/aromatic N) is 3. The number of anilines is 1. The second-order valence-corrected chi connectivity index (χ2v) is 10.3. The highest BCUT2D eigenvalue weighted by atomic mass is 32.2. The van der Waals surface area contributed by atoms with Crippen LogP contribution in [0.3, 0.4) is 0 Å². The molecule has 202 valence electrons. The largest absolute Gasteiger partial charge is 0.493 e. The molecule has 0 radical (unpaired) electrons. The summed E-state index contributed by atoms with van der Waals surface area (Å²) in [5.41, 5.74) is 3.78. The fourth-order valence-corrected chi connectivity index (χ4v) is 5.14. The number of carbonyl (C=O) groups excluding carboxylic acids is 1. The lowest BCUT2D eigenvalue weighted by molar-refractivity contribution is 0.0857. The van der Waals surface area contributed by atoms with Crippen LogP contribution in [0, 0.1) is 6.92 Å². The molecular weight excluding hydrogens is 500 g/mol. The minimum atomic E-state index is -0.0717. The maximum atomic E-state index is 12.6. The van der Waals surface area contributed by atoms with Crippen LogP contribution in [0.2, 0.25) is 0 Å². The van der Waals surface area contributed by atoms with Crippen LogP contribution < -0.4 is 19.7 Å². The zero-order valence-corrected chi connectivity index (χ0v) is 23.3. The fourth-order valence-electron chi connectivity index (χ4n) is 4.30. The Morgan fingerprint density at radius 1 is 1.11 bits per heavy atom. The summed E-state index contributed by atoms with van der Waals surface area (Å²) in [5.74, 6) is 2.93. The molecule has 1 N–H and O–H groups in total. The van der Waals surface area contributed by atoms with Crippen LogP contribution in [0.15, 0.2) is 53.7 Å². The lowest BCUT2D eigenvalue weighted by atomic mass is 10.1. The highest BCUT2D eigenvalue weighted by Gasteiger charge is 2.17. The number of thioether (sulfide) groups is 1. The maximum absolute atomic E-state index is 12.6. The van der Waals surface area contributed by atoms with Gasteiger partial charge in [-0.15, -0.1) is 0 Å². The van der Waals surface area contributed by atoms with Gasteiger partial charge in [-0.05, 0) is 61.6 Å². The van der Waals surface area contributed by atoms with E-state index in [1.54, 1.807) is 26.0 Å². The normalized spacial score (nSPS) is 14.8. The third-order valence-corrected chi connectivity index (χ3v) is 7.38. The first-order valence-electron chi connectivity index (χ1n) is 12.8. The number of amides is 1. The predicted octanol–water partition coefficient (Wildman–Crippen LogP) is 4.68. The van der Waals surface area contributed by atoms with E-state index in [2.05, 4.69) is 21.3 Å². The van der Waals surface area contributed by atoms with Crippen LogP contribution in [0.25, 0.3) is 0 Å². The number of carbonyl (C=O) groups is 1. The Balaban J connectivity index is 1.34. The van der Waals surface area contributed by atoms with Gasteiger partial charge in [0.25, 0.3) is 5.91 Å². The molecule has 8 nitrogen and oxygen atoms in total. The minimum Gasteiger partial charge on any atom is -0.493 e. The van der Waals surface area contributed by atoms with Crippen molar-refractivity contribution in [3.63, 3.8) is 0 Å². The van der Waals surface area contributed by atoms with E-state index >= 15 is 0 Å². The van der Waals surface area contributed by atoms with E-state index < -0.39 is 0 Å². The summed E-state index contributed by atoms with van der Waals surface area (Å²) in [5, 5.41) is 3.70. The van der Waals surface area contributed by atoms with Crippen molar-refractivity contribution in [2.45, 2.75) is 43.2 Å². The summed E-state index contributed by atoms with van der Waals surface area (Å²) in [4.78, 5) is 24.2. The molecule has 1 saturated heterocycles. The first kappa shape index (κ1) is 27.7. The van der Waals surface area contributed by atoms with Crippen molar-refractivity contribution in [3.8, 4) is 11.5 Å². The summed E-state index contributed by atoms with van der Waals surface area (Å²) in [6, 6.07) is 15.7.